The molecular weight excluding hydrogens is 407 g/mol. The van der Waals surface area contributed by atoms with Crippen LogP contribution >= 0.6 is 0 Å². The van der Waals surface area contributed by atoms with E-state index in [1.54, 1.807) is 6.07 Å². The molecule has 0 aliphatic rings. The fourth-order valence-electron chi connectivity index (χ4n) is 3.44. The van der Waals surface area contributed by atoms with Crippen molar-refractivity contribution in [1.82, 2.24) is 20.6 Å². The summed E-state index contributed by atoms with van der Waals surface area (Å²) in [6.07, 6.45) is 4.13. The average Bonchev–Trinajstić information content (AvgIpc) is 2.81. The quantitative estimate of drug-likeness (QED) is 0.247. The normalized spacial score (nSPS) is 11.2. The maximum absolute atomic E-state index is 14.5. The standard InChI is InChI=1S/C24H33FN6O/c25-20-16-19-21(30-23(31-24(19)32)18-8-2-1-3-9-18)17-22(20)29-15-7-14-28-12-5-4-11-27-13-6-10-26/h1-3,8-9,16-17,27-29H,4-7,10-15,26H2,(H,30,31,32). The van der Waals surface area contributed by atoms with Crippen molar-refractivity contribution in [3.63, 3.8) is 0 Å². The molecule has 0 fully saturated rings. The zero-order valence-corrected chi connectivity index (χ0v) is 18.4. The van der Waals surface area contributed by atoms with Crippen molar-refractivity contribution >= 4 is 16.6 Å². The van der Waals surface area contributed by atoms with Crippen molar-refractivity contribution in [2.75, 3.05) is 44.6 Å². The summed E-state index contributed by atoms with van der Waals surface area (Å²) >= 11 is 0. The summed E-state index contributed by atoms with van der Waals surface area (Å²) in [6.45, 7) is 5.20. The predicted octanol–water partition coefficient (Wildman–Crippen LogP) is 2.84. The highest BCUT2D eigenvalue weighted by molar-refractivity contribution is 5.83. The molecule has 0 amide bonds. The van der Waals surface area contributed by atoms with Gasteiger partial charge in [-0.25, -0.2) is 9.37 Å². The van der Waals surface area contributed by atoms with Crippen molar-refractivity contribution in [2.24, 2.45) is 5.73 Å². The topological polar surface area (TPSA) is 108 Å². The Morgan fingerprint density at radius 3 is 2.31 bits per heavy atom. The van der Waals surface area contributed by atoms with E-state index >= 15 is 0 Å². The van der Waals surface area contributed by atoms with Crippen LogP contribution in [0.2, 0.25) is 0 Å². The maximum Gasteiger partial charge on any atom is 0.259 e. The van der Waals surface area contributed by atoms with E-state index in [9.17, 15) is 9.18 Å². The van der Waals surface area contributed by atoms with Crippen molar-refractivity contribution in [2.45, 2.75) is 25.7 Å². The minimum Gasteiger partial charge on any atom is -0.383 e. The molecule has 6 N–H and O–H groups in total. The molecule has 1 aromatic heterocycles. The van der Waals surface area contributed by atoms with Gasteiger partial charge < -0.3 is 26.7 Å². The zero-order valence-electron chi connectivity index (χ0n) is 18.4. The Morgan fingerprint density at radius 2 is 1.59 bits per heavy atom. The van der Waals surface area contributed by atoms with Gasteiger partial charge in [-0.05, 0) is 70.5 Å². The van der Waals surface area contributed by atoms with Gasteiger partial charge in [-0.2, -0.15) is 0 Å². The van der Waals surface area contributed by atoms with Gasteiger partial charge in [0.25, 0.3) is 5.56 Å². The Balaban J connectivity index is 1.46. The van der Waals surface area contributed by atoms with E-state index in [1.807, 2.05) is 30.3 Å². The third-order valence-electron chi connectivity index (χ3n) is 5.20. The van der Waals surface area contributed by atoms with Gasteiger partial charge in [0, 0.05) is 12.1 Å². The fraction of sp³-hybridized carbons (Fsp3) is 0.417. The number of aromatic amines is 1. The minimum atomic E-state index is -0.452. The van der Waals surface area contributed by atoms with Gasteiger partial charge in [0.1, 0.15) is 11.6 Å². The van der Waals surface area contributed by atoms with Crippen LogP contribution in [0, 0.1) is 5.82 Å². The fourth-order valence-corrected chi connectivity index (χ4v) is 3.44. The van der Waals surface area contributed by atoms with Crippen LogP contribution in [-0.4, -0.2) is 49.2 Å². The second kappa shape index (κ2) is 12.9. The Morgan fingerprint density at radius 1 is 0.906 bits per heavy atom. The summed E-state index contributed by atoms with van der Waals surface area (Å²) in [5.41, 5.74) is 6.75. The highest BCUT2D eigenvalue weighted by Gasteiger charge is 2.10. The van der Waals surface area contributed by atoms with Crippen molar-refractivity contribution in [1.29, 1.82) is 0 Å². The molecule has 3 rings (SSSR count). The number of hydrogen-bond donors (Lipinski definition) is 5. The molecule has 1 heterocycles. The lowest BCUT2D eigenvalue weighted by atomic mass is 10.1. The molecule has 0 saturated carbocycles. The molecule has 32 heavy (non-hydrogen) atoms. The molecule has 0 radical (unpaired) electrons. The maximum atomic E-state index is 14.5. The Bertz CT molecular complexity index is 1020. The molecule has 0 bridgehead atoms. The first-order chi connectivity index (χ1) is 15.7. The third-order valence-corrected chi connectivity index (χ3v) is 5.20. The molecule has 0 unspecified atom stereocenters. The average molecular weight is 441 g/mol. The molecule has 2 aromatic carbocycles. The highest BCUT2D eigenvalue weighted by Crippen LogP contribution is 2.22. The number of halogens is 1. The molecule has 0 aliphatic heterocycles. The van der Waals surface area contributed by atoms with E-state index in [-0.39, 0.29) is 10.9 Å². The first kappa shape index (κ1) is 23.8. The number of fused-ring (bicyclic) bond motifs is 1. The van der Waals surface area contributed by atoms with Gasteiger partial charge >= 0.3 is 0 Å². The van der Waals surface area contributed by atoms with Crippen LogP contribution in [0.25, 0.3) is 22.3 Å². The lowest BCUT2D eigenvalue weighted by Crippen LogP contribution is -2.22. The van der Waals surface area contributed by atoms with Crippen LogP contribution in [0.1, 0.15) is 25.7 Å². The largest absolute Gasteiger partial charge is 0.383 e. The van der Waals surface area contributed by atoms with Crippen LogP contribution in [0.3, 0.4) is 0 Å². The first-order valence-corrected chi connectivity index (χ1v) is 11.3. The molecule has 0 saturated heterocycles. The van der Waals surface area contributed by atoms with E-state index < -0.39 is 5.82 Å². The second-order valence-electron chi connectivity index (χ2n) is 7.76. The summed E-state index contributed by atoms with van der Waals surface area (Å²) in [5, 5.41) is 10.2. The number of H-pyrrole nitrogens is 1. The van der Waals surface area contributed by atoms with Gasteiger partial charge in [0.05, 0.1) is 16.6 Å². The van der Waals surface area contributed by atoms with E-state index in [0.717, 1.165) is 64.0 Å². The van der Waals surface area contributed by atoms with Crippen LogP contribution in [0.15, 0.2) is 47.3 Å². The van der Waals surface area contributed by atoms with Gasteiger partial charge in [-0.3, -0.25) is 4.79 Å². The van der Waals surface area contributed by atoms with Gasteiger partial charge in [0.2, 0.25) is 0 Å². The van der Waals surface area contributed by atoms with Gasteiger partial charge in [-0.15, -0.1) is 0 Å². The monoisotopic (exact) mass is 440 g/mol. The van der Waals surface area contributed by atoms with Crippen LogP contribution in [-0.2, 0) is 0 Å². The molecule has 0 atom stereocenters. The summed E-state index contributed by atoms with van der Waals surface area (Å²) < 4.78 is 14.5. The molecule has 0 spiro atoms. The molecule has 172 valence electrons. The van der Waals surface area contributed by atoms with E-state index in [1.165, 1.54) is 6.07 Å². The minimum absolute atomic E-state index is 0.243. The highest BCUT2D eigenvalue weighted by atomic mass is 19.1. The first-order valence-electron chi connectivity index (χ1n) is 11.3. The summed E-state index contributed by atoms with van der Waals surface area (Å²) in [6, 6.07) is 12.3. The lowest BCUT2D eigenvalue weighted by Gasteiger charge is -2.10. The zero-order chi connectivity index (χ0) is 22.6. The number of nitrogens with one attached hydrogen (secondary N) is 4. The summed E-state index contributed by atoms with van der Waals surface area (Å²) in [7, 11) is 0. The number of hydrogen-bond acceptors (Lipinski definition) is 6. The second-order valence-corrected chi connectivity index (χ2v) is 7.76. The lowest BCUT2D eigenvalue weighted by molar-refractivity contribution is 0.571. The summed E-state index contributed by atoms with van der Waals surface area (Å²) in [5.74, 6) is 0.0202. The molecule has 3 aromatic rings. The number of anilines is 1. The van der Waals surface area contributed by atoms with Gasteiger partial charge in [-0.1, -0.05) is 30.3 Å². The SMILES string of the molecule is NCCCNCCCCNCCCNc1cc2nc(-c3ccccc3)[nH]c(=O)c2cc1F. The van der Waals surface area contributed by atoms with Crippen molar-refractivity contribution in [3.05, 3.63) is 58.6 Å². The van der Waals surface area contributed by atoms with Crippen molar-refractivity contribution < 1.29 is 4.39 Å². The predicted molar refractivity (Wildman–Crippen MR) is 130 cm³/mol. The van der Waals surface area contributed by atoms with E-state index in [0.29, 0.717) is 23.6 Å². The van der Waals surface area contributed by atoms with Crippen molar-refractivity contribution in [3.8, 4) is 11.4 Å². The number of aromatic nitrogens is 2. The number of nitrogens with zero attached hydrogens (tertiary/aromatic N) is 1. The Kier molecular flexibility index (Phi) is 9.61. The number of benzene rings is 2. The number of rotatable bonds is 14. The van der Waals surface area contributed by atoms with Crippen LogP contribution in [0.4, 0.5) is 10.1 Å². The molecule has 7 nitrogen and oxygen atoms in total. The molecule has 0 aliphatic carbocycles. The van der Waals surface area contributed by atoms with Crippen LogP contribution in [0.5, 0.6) is 0 Å². The molecular formula is C24H33FN6O. The number of unbranched alkanes of at least 4 members (excludes halogenated alkanes) is 1. The molecule has 8 heteroatoms. The smallest absolute Gasteiger partial charge is 0.259 e. The van der Waals surface area contributed by atoms with E-state index in [4.69, 9.17) is 5.73 Å². The summed E-state index contributed by atoms with van der Waals surface area (Å²) in [4.78, 5) is 19.7. The van der Waals surface area contributed by atoms with E-state index in [2.05, 4.69) is 25.9 Å². The Labute approximate surface area is 188 Å². The van der Waals surface area contributed by atoms with Crippen LogP contribution < -0.4 is 27.2 Å². The Hall–Kier alpha value is -2.81. The van der Waals surface area contributed by atoms with Gasteiger partial charge in [0.15, 0.2) is 0 Å². The third kappa shape index (κ3) is 7.12. The number of nitrogens with two attached hydrogens (primary N) is 1.